The third kappa shape index (κ3) is 4.86. The van der Waals surface area contributed by atoms with Crippen molar-refractivity contribution in [3.05, 3.63) is 82.6 Å². The Morgan fingerprint density at radius 1 is 1.09 bits per heavy atom. The van der Waals surface area contributed by atoms with Crippen LogP contribution in [0.25, 0.3) is 0 Å². The Morgan fingerprint density at radius 3 is 2.56 bits per heavy atom. The Labute approximate surface area is 196 Å². The van der Waals surface area contributed by atoms with Gasteiger partial charge in [0, 0.05) is 42.8 Å². The number of carbonyl (C=O) groups excluding carboxylic acids is 1. The number of ether oxygens (including phenoxy) is 1. The van der Waals surface area contributed by atoms with E-state index in [-0.39, 0.29) is 17.7 Å². The molecule has 1 saturated carbocycles. The lowest BCUT2D eigenvalue weighted by molar-refractivity contribution is -0.124. The first kappa shape index (κ1) is 22.5. The molecule has 0 N–H and O–H groups in total. The maximum absolute atomic E-state index is 14.0. The second kappa shape index (κ2) is 9.83. The Hall–Kier alpha value is -2.72. The second-order valence-corrected chi connectivity index (χ2v) is 9.29. The fraction of sp³-hybridized carbons (Fsp3) is 0.370. The molecule has 2 aliphatic rings. The molecule has 1 fully saturated rings. The van der Waals surface area contributed by atoms with Crippen molar-refractivity contribution in [3.8, 4) is 0 Å². The number of nitrogens with zero attached hydrogens (tertiary/aromatic N) is 2. The maximum Gasteiger partial charge on any atom is 0.231 e. The summed E-state index contributed by atoms with van der Waals surface area (Å²) in [6, 6.07) is 16.0. The Morgan fingerprint density at radius 2 is 1.88 bits per heavy atom. The molecule has 32 heavy (non-hydrogen) atoms. The highest BCUT2D eigenvalue weighted by atomic mass is 35.5. The highest BCUT2D eigenvalue weighted by Crippen LogP contribution is 2.42. The van der Waals surface area contributed by atoms with E-state index in [9.17, 15) is 4.79 Å². The summed E-state index contributed by atoms with van der Waals surface area (Å²) in [4.78, 5) is 18.0. The van der Waals surface area contributed by atoms with Gasteiger partial charge in [-0.15, -0.1) is 0 Å². The topological polar surface area (TPSA) is 32.8 Å². The van der Waals surface area contributed by atoms with Gasteiger partial charge in [-0.25, -0.2) is 0 Å². The van der Waals surface area contributed by atoms with Gasteiger partial charge >= 0.3 is 0 Å². The van der Waals surface area contributed by atoms with E-state index in [1.807, 2.05) is 43.3 Å². The van der Waals surface area contributed by atoms with Crippen LogP contribution in [-0.2, 0) is 16.1 Å². The zero-order valence-electron chi connectivity index (χ0n) is 19.1. The van der Waals surface area contributed by atoms with Gasteiger partial charge in [0.2, 0.25) is 5.91 Å². The van der Waals surface area contributed by atoms with Gasteiger partial charge in [0.25, 0.3) is 0 Å². The van der Waals surface area contributed by atoms with Crippen LogP contribution in [0.5, 0.6) is 0 Å². The molecular formula is C27H31ClN2O2. The number of fused-ring (bicyclic) bond motifs is 1. The maximum atomic E-state index is 14.0. The SMILES string of the molecule is COC1=CC=C2CCCC(C(=O)N(Cc3ccc(N(C)C)cc3)c3cccc(Cl)c3)C2C1. The Balaban J connectivity index is 1.64. The van der Waals surface area contributed by atoms with Crippen LogP contribution in [0, 0.1) is 11.8 Å². The zero-order chi connectivity index (χ0) is 22.7. The molecule has 2 atom stereocenters. The number of anilines is 2. The van der Waals surface area contributed by atoms with E-state index in [4.69, 9.17) is 16.3 Å². The smallest absolute Gasteiger partial charge is 0.231 e. The molecule has 0 radical (unpaired) electrons. The van der Waals surface area contributed by atoms with Gasteiger partial charge in [-0.2, -0.15) is 0 Å². The molecule has 5 heteroatoms. The van der Waals surface area contributed by atoms with Gasteiger partial charge in [0.05, 0.1) is 19.4 Å². The van der Waals surface area contributed by atoms with E-state index in [2.05, 4.69) is 41.3 Å². The van der Waals surface area contributed by atoms with Crippen molar-refractivity contribution in [2.24, 2.45) is 11.8 Å². The van der Waals surface area contributed by atoms with Crippen LogP contribution in [0.15, 0.2) is 72.0 Å². The molecule has 2 aliphatic carbocycles. The first-order valence-corrected chi connectivity index (χ1v) is 11.6. The fourth-order valence-corrected chi connectivity index (χ4v) is 4.99. The molecule has 0 spiro atoms. The summed E-state index contributed by atoms with van der Waals surface area (Å²) >= 11 is 6.31. The molecule has 168 valence electrons. The van der Waals surface area contributed by atoms with Crippen LogP contribution >= 0.6 is 11.6 Å². The van der Waals surface area contributed by atoms with Crippen LogP contribution in [0.2, 0.25) is 5.02 Å². The zero-order valence-corrected chi connectivity index (χ0v) is 19.8. The van der Waals surface area contributed by atoms with E-state index >= 15 is 0 Å². The van der Waals surface area contributed by atoms with Crippen molar-refractivity contribution in [2.45, 2.75) is 32.2 Å². The number of amides is 1. The van der Waals surface area contributed by atoms with Crippen LogP contribution in [-0.4, -0.2) is 27.1 Å². The number of hydrogen-bond donors (Lipinski definition) is 0. The van der Waals surface area contributed by atoms with E-state index < -0.39 is 0 Å². The highest BCUT2D eigenvalue weighted by Gasteiger charge is 2.38. The minimum atomic E-state index is -0.0612. The summed E-state index contributed by atoms with van der Waals surface area (Å²) in [5, 5.41) is 0.634. The van der Waals surface area contributed by atoms with Crippen LogP contribution in [0.1, 0.15) is 31.2 Å². The van der Waals surface area contributed by atoms with E-state index in [1.54, 1.807) is 7.11 Å². The first-order chi connectivity index (χ1) is 15.5. The highest BCUT2D eigenvalue weighted by molar-refractivity contribution is 6.30. The molecule has 4 nitrogen and oxygen atoms in total. The van der Waals surface area contributed by atoms with Crippen LogP contribution < -0.4 is 9.80 Å². The lowest BCUT2D eigenvalue weighted by Crippen LogP contribution is -2.41. The Bertz CT molecular complexity index is 1030. The minimum Gasteiger partial charge on any atom is -0.501 e. The molecule has 4 rings (SSSR count). The molecule has 1 amide bonds. The Kier molecular flexibility index (Phi) is 6.90. The van der Waals surface area contributed by atoms with E-state index in [1.165, 1.54) is 5.57 Å². The summed E-state index contributed by atoms with van der Waals surface area (Å²) < 4.78 is 5.53. The first-order valence-electron chi connectivity index (χ1n) is 11.2. The van der Waals surface area contributed by atoms with Crippen LogP contribution in [0.4, 0.5) is 11.4 Å². The molecule has 0 aliphatic heterocycles. The number of methoxy groups -OCH3 is 1. The molecule has 0 heterocycles. The molecule has 2 aromatic carbocycles. The summed E-state index contributed by atoms with van der Waals surface area (Å²) in [6.45, 7) is 0.516. The lowest BCUT2D eigenvalue weighted by Gasteiger charge is -2.38. The van der Waals surface area contributed by atoms with Crippen molar-refractivity contribution >= 4 is 28.9 Å². The molecule has 2 aromatic rings. The van der Waals surface area contributed by atoms with Crippen molar-refractivity contribution in [1.29, 1.82) is 0 Å². The standard InChI is InChI=1S/C27H31ClN2O2/c1-29(2)22-13-10-19(11-14-22)18-30(23-8-5-7-21(28)16-23)27(31)25-9-4-6-20-12-15-24(32-3)17-26(20)25/h5,7-8,10-16,25-26H,4,6,9,17-18H2,1-3H3. The number of allylic oxidation sites excluding steroid dienone is 4. The van der Waals surface area contributed by atoms with Gasteiger partial charge in [-0.1, -0.05) is 41.4 Å². The van der Waals surface area contributed by atoms with E-state index in [0.717, 1.165) is 48.4 Å². The minimum absolute atomic E-state index is 0.0612. The molecular weight excluding hydrogens is 420 g/mol. The predicted molar refractivity (Wildman–Crippen MR) is 132 cm³/mol. The average Bonchev–Trinajstić information content (AvgIpc) is 2.81. The number of rotatable bonds is 6. The largest absolute Gasteiger partial charge is 0.501 e. The van der Waals surface area contributed by atoms with Gasteiger partial charge < -0.3 is 14.5 Å². The normalized spacial score (nSPS) is 20.0. The summed E-state index contributed by atoms with van der Waals surface area (Å²) in [6.07, 6.45) is 8.00. The number of halogens is 1. The average molecular weight is 451 g/mol. The molecule has 0 saturated heterocycles. The van der Waals surface area contributed by atoms with Crippen molar-refractivity contribution < 1.29 is 9.53 Å². The van der Waals surface area contributed by atoms with Crippen molar-refractivity contribution in [3.63, 3.8) is 0 Å². The second-order valence-electron chi connectivity index (χ2n) is 8.85. The third-order valence-corrected chi connectivity index (χ3v) is 6.84. The van der Waals surface area contributed by atoms with Crippen molar-refractivity contribution in [2.75, 3.05) is 31.0 Å². The summed E-state index contributed by atoms with van der Waals surface area (Å²) in [5.74, 6) is 1.26. The van der Waals surface area contributed by atoms with E-state index in [0.29, 0.717) is 11.6 Å². The van der Waals surface area contributed by atoms with Crippen LogP contribution in [0.3, 0.4) is 0 Å². The molecule has 2 unspecified atom stereocenters. The summed E-state index contributed by atoms with van der Waals surface area (Å²) in [5.41, 5.74) is 4.44. The number of carbonyl (C=O) groups is 1. The third-order valence-electron chi connectivity index (χ3n) is 6.61. The fourth-order valence-electron chi connectivity index (χ4n) is 4.81. The number of hydrogen-bond acceptors (Lipinski definition) is 3. The lowest BCUT2D eigenvalue weighted by atomic mass is 9.71. The predicted octanol–water partition coefficient (Wildman–Crippen LogP) is 6.22. The van der Waals surface area contributed by atoms with Crippen molar-refractivity contribution in [1.82, 2.24) is 0 Å². The van der Waals surface area contributed by atoms with Gasteiger partial charge in [0.1, 0.15) is 0 Å². The summed E-state index contributed by atoms with van der Waals surface area (Å²) in [7, 11) is 5.76. The van der Waals surface area contributed by atoms with Gasteiger partial charge in [-0.3, -0.25) is 4.79 Å². The molecule has 0 aromatic heterocycles. The van der Waals surface area contributed by atoms with Gasteiger partial charge in [0.15, 0.2) is 0 Å². The monoisotopic (exact) mass is 450 g/mol. The number of benzene rings is 2. The van der Waals surface area contributed by atoms with Gasteiger partial charge in [-0.05, 0) is 67.2 Å². The molecule has 0 bridgehead atoms. The quantitative estimate of drug-likeness (QED) is 0.524.